The van der Waals surface area contributed by atoms with Crippen LogP contribution in [0, 0.1) is 0 Å². The second-order valence-corrected chi connectivity index (χ2v) is 3.03. The molecule has 1 heterocycles. The first-order valence-corrected chi connectivity index (χ1v) is 4.60. The van der Waals surface area contributed by atoms with Gasteiger partial charge in [-0.3, -0.25) is 10.1 Å². The molecule has 6 heteroatoms. The van der Waals surface area contributed by atoms with Gasteiger partial charge < -0.3 is 15.4 Å². The number of hydrogen-bond donors (Lipinski definition) is 2. The van der Waals surface area contributed by atoms with Gasteiger partial charge in [-0.25, -0.2) is 4.79 Å². The van der Waals surface area contributed by atoms with Crippen molar-refractivity contribution in [3.63, 3.8) is 0 Å². The highest BCUT2D eigenvalue weighted by Gasteiger charge is 2.25. The molecule has 0 saturated carbocycles. The van der Waals surface area contributed by atoms with E-state index in [-0.39, 0.29) is 18.5 Å². The first-order valence-electron chi connectivity index (χ1n) is 4.60. The summed E-state index contributed by atoms with van der Waals surface area (Å²) in [5.41, 5.74) is 5.27. The Morgan fingerprint density at radius 1 is 1.43 bits per heavy atom. The molecule has 0 aliphatic carbocycles. The van der Waals surface area contributed by atoms with Gasteiger partial charge in [0, 0.05) is 13.2 Å². The van der Waals surface area contributed by atoms with Crippen LogP contribution in [0.5, 0.6) is 0 Å². The smallest absolute Gasteiger partial charge is 0.324 e. The molecule has 0 atom stereocenters. The fraction of sp³-hybridized carbons (Fsp3) is 0.750. The molecular weight excluding hydrogens is 186 g/mol. The zero-order valence-corrected chi connectivity index (χ0v) is 7.99. The summed E-state index contributed by atoms with van der Waals surface area (Å²) in [5.74, 6) is -0.253. The summed E-state index contributed by atoms with van der Waals surface area (Å²) in [4.78, 5) is 23.2. The van der Waals surface area contributed by atoms with Crippen molar-refractivity contribution in [1.29, 1.82) is 0 Å². The molecule has 0 aromatic carbocycles. The van der Waals surface area contributed by atoms with Gasteiger partial charge in [-0.15, -0.1) is 0 Å². The minimum atomic E-state index is -0.336. The number of ether oxygens (including phenoxy) is 1. The summed E-state index contributed by atoms with van der Waals surface area (Å²) in [6.07, 6.45) is 0.811. The highest BCUT2D eigenvalue weighted by Crippen LogP contribution is 1.97. The largest absolute Gasteiger partial charge is 0.380 e. The Labute approximate surface area is 82.4 Å². The van der Waals surface area contributed by atoms with Crippen molar-refractivity contribution in [1.82, 2.24) is 10.2 Å². The molecule has 1 aliphatic rings. The lowest BCUT2D eigenvalue weighted by Crippen LogP contribution is -2.31. The standard InChI is InChI=1S/C8H15N3O3/c9-2-1-4-14-5-3-11-6-7(12)10-8(11)13/h1-6,9H2,(H,10,12,13). The third-order valence-electron chi connectivity index (χ3n) is 1.87. The van der Waals surface area contributed by atoms with Crippen LogP contribution in [0.25, 0.3) is 0 Å². The van der Waals surface area contributed by atoms with E-state index in [2.05, 4.69) is 5.32 Å². The van der Waals surface area contributed by atoms with Gasteiger partial charge in [0.1, 0.15) is 6.54 Å². The van der Waals surface area contributed by atoms with Gasteiger partial charge in [-0.2, -0.15) is 0 Å². The first-order chi connectivity index (χ1) is 6.74. The predicted molar refractivity (Wildman–Crippen MR) is 49.6 cm³/mol. The topological polar surface area (TPSA) is 84.7 Å². The van der Waals surface area contributed by atoms with Crippen LogP contribution in [0.3, 0.4) is 0 Å². The van der Waals surface area contributed by atoms with Gasteiger partial charge in [0.15, 0.2) is 0 Å². The number of amides is 3. The van der Waals surface area contributed by atoms with Gasteiger partial charge >= 0.3 is 6.03 Å². The highest BCUT2D eigenvalue weighted by atomic mass is 16.5. The summed E-state index contributed by atoms with van der Waals surface area (Å²) in [6.45, 7) is 2.23. The van der Waals surface area contributed by atoms with Crippen LogP contribution in [0.4, 0.5) is 4.79 Å². The fourth-order valence-electron chi connectivity index (χ4n) is 1.13. The average molecular weight is 201 g/mol. The fourth-order valence-corrected chi connectivity index (χ4v) is 1.13. The van der Waals surface area contributed by atoms with Crippen molar-refractivity contribution in [2.45, 2.75) is 6.42 Å². The molecule has 0 radical (unpaired) electrons. The third kappa shape index (κ3) is 3.31. The van der Waals surface area contributed by atoms with Crippen LogP contribution in [0.15, 0.2) is 0 Å². The quantitative estimate of drug-likeness (QED) is 0.422. The van der Waals surface area contributed by atoms with E-state index in [9.17, 15) is 9.59 Å². The normalized spacial score (nSPS) is 16.2. The molecule has 1 rings (SSSR count). The number of imide groups is 1. The Balaban J connectivity index is 2.07. The average Bonchev–Trinajstić information content (AvgIpc) is 2.45. The molecule has 1 aliphatic heterocycles. The molecule has 0 spiro atoms. The van der Waals surface area contributed by atoms with Crippen LogP contribution in [0.1, 0.15) is 6.42 Å². The maximum absolute atomic E-state index is 11.0. The van der Waals surface area contributed by atoms with Crippen LogP contribution in [0.2, 0.25) is 0 Å². The Bertz CT molecular complexity index is 220. The van der Waals surface area contributed by atoms with Crippen LogP contribution in [-0.2, 0) is 9.53 Å². The number of carbonyl (C=O) groups is 2. The van der Waals surface area contributed by atoms with Gasteiger partial charge in [0.25, 0.3) is 0 Å². The number of urea groups is 1. The zero-order valence-electron chi connectivity index (χ0n) is 7.99. The number of nitrogens with zero attached hydrogens (tertiary/aromatic N) is 1. The van der Waals surface area contributed by atoms with Crippen molar-refractivity contribution in [2.24, 2.45) is 5.73 Å². The van der Waals surface area contributed by atoms with Gasteiger partial charge in [0.2, 0.25) is 5.91 Å². The van der Waals surface area contributed by atoms with E-state index in [1.807, 2.05) is 0 Å². The summed E-state index contributed by atoms with van der Waals surface area (Å²) >= 11 is 0. The van der Waals surface area contributed by atoms with E-state index in [4.69, 9.17) is 10.5 Å². The summed E-state index contributed by atoms with van der Waals surface area (Å²) in [6, 6.07) is -0.336. The summed E-state index contributed by atoms with van der Waals surface area (Å²) in [5, 5.41) is 2.19. The predicted octanol–water partition coefficient (Wildman–Crippen LogP) is -1.10. The van der Waals surface area contributed by atoms with Gasteiger partial charge in [-0.1, -0.05) is 0 Å². The van der Waals surface area contributed by atoms with Crippen molar-refractivity contribution in [2.75, 3.05) is 32.8 Å². The lowest BCUT2D eigenvalue weighted by atomic mass is 10.5. The molecule has 0 unspecified atom stereocenters. The van der Waals surface area contributed by atoms with E-state index in [0.717, 1.165) is 6.42 Å². The number of hydrogen-bond acceptors (Lipinski definition) is 4. The van der Waals surface area contributed by atoms with Crippen molar-refractivity contribution in [3.05, 3.63) is 0 Å². The van der Waals surface area contributed by atoms with E-state index < -0.39 is 0 Å². The third-order valence-corrected chi connectivity index (χ3v) is 1.87. The maximum Gasteiger partial charge on any atom is 0.324 e. The molecule has 6 nitrogen and oxygen atoms in total. The minimum Gasteiger partial charge on any atom is -0.380 e. The van der Waals surface area contributed by atoms with Gasteiger partial charge in [-0.05, 0) is 13.0 Å². The molecule has 3 N–H and O–H groups in total. The summed E-state index contributed by atoms with van der Waals surface area (Å²) in [7, 11) is 0. The van der Waals surface area contributed by atoms with Crippen LogP contribution in [-0.4, -0.2) is 49.7 Å². The molecule has 0 aromatic heterocycles. The van der Waals surface area contributed by atoms with Crippen LogP contribution < -0.4 is 11.1 Å². The maximum atomic E-state index is 11.0. The monoisotopic (exact) mass is 201 g/mol. The lowest BCUT2D eigenvalue weighted by Gasteiger charge is -2.12. The molecule has 1 saturated heterocycles. The van der Waals surface area contributed by atoms with Crippen LogP contribution >= 0.6 is 0 Å². The molecule has 0 bridgehead atoms. The number of carbonyl (C=O) groups excluding carboxylic acids is 2. The molecule has 80 valence electrons. The van der Waals surface area contributed by atoms with Crippen molar-refractivity contribution >= 4 is 11.9 Å². The number of nitrogens with one attached hydrogen (secondary N) is 1. The molecule has 3 amide bonds. The van der Waals surface area contributed by atoms with E-state index in [1.54, 1.807) is 0 Å². The molecule has 0 aromatic rings. The first kappa shape index (κ1) is 10.9. The highest BCUT2D eigenvalue weighted by molar-refractivity contribution is 6.01. The van der Waals surface area contributed by atoms with Crippen molar-refractivity contribution < 1.29 is 14.3 Å². The zero-order chi connectivity index (χ0) is 10.4. The molecule has 14 heavy (non-hydrogen) atoms. The Kier molecular flexibility index (Phi) is 4.34. The minimum absolute atomic E-state index is 0.138. The molecule has 1 fully saturated rings. The molecular formula is C8H15N3O3. The lowest BCUT2D eigenvalue weighted by molar-refractivity contribution is -0.118. The second-order valence-electron chi connectivity index (χ2n) is 3.03. The number of rotatable bonds is 6. The SMILES string of the molecule is NCCCOCCN1CC(=O)NC1=O. The Morgan fingerprint density at radius 3 is 2.79 bits per heavy atom. The number of nitrogens with two attached hydrogens (primary N) is 1. The summed E-state index contributed by atoms with van der Waals surface area (Å²) < 4.78 is 5.21. The van der Waals surface area contributed by atoms with Gasteiger partial charge in [0.05, 0.1) is 6.61 Å². The second kappa shape index (κ2) is 5.56. The van der Waals surface area contributed by atoms with E-state index in [1.165, 1.54) is 4.90 Å². The van der Waals surface area contributed by atoms with Crippen molar-refractivity contribution in [3.8, 4) is 0 Å². The Hall–Kier alpha value is -1.14. The van der Waals surface area contributed by atoms with E-state index in [0.29, 0.717) is 26.3 Å². The van der Waals surface area contributed by atoms with E-state index >= 15 is 0 Å². The Morgan fingerprint density at radius 2 is 2.21 bits per heavy atom.